The largest absolute Gasteiger partial charge is 0.391 e. The highest BCUT2D eigenvalue weighted by molar-refractivity contribution is 5.99. The van der Waals surface area contributed by atoms with Crippen LogP contribution in [0.25, 0.3) is 0 Å². The van der Waals surface area contributed by atoms with Gasteiger partial charge in [-0.1, -0.05) is 44.2 Å². The van der Waals surface area contributed by atoms with E-state index in [2.05, 4.69) is 58.5 Å². The zero-order valence-corrected chi connectivity index (χ0v) is 47.2. The van der Waals surface area contributed by atoms with Gasteiger partial charge in [-0.2, -0.15) is 0 Å². The maximum absolute atomic E-state index is 14.4. The summed E-state index contributed by atoms with van der Waals surface area (Å²) >= 11 is 0. The van der Waals surface area contributed by atoms with Crippen LogP contribution in [0.3, 0.4) is 0 Å². The second-order valence-corrected chi connectivity index (χ2v) is 21.1. The normalized spacial score (nSPS) is 25.8. The molecule has 1 saturated heterocycles. The number of aliphatic hydroxyl groups is 3. The van der Waals surface area contributed by atoms with Crippen molar-refractivity contribution in [2.24, 2.45) is 40.5 Å². The summed E-state index contributed by atoms with van der Waals surface area (Å²) in [5, 5.41) is 59.5. The first kappa shape index (κ1) is 69.3. The average Bonchev–Trinajstić information content (AvgIpc) is 4.40. The minimum absolute atomic E-state index is 0.0395. The van der Waals surface area contributed by atoms with Crippen LogP contribution in [0.4, 0.5) is 0 Å². The monoisotopic (exact) mass is 1160 g/mol. The molecule has 1 aromatic rings. The maximum atomic E-state index is 14.4. The molecule has 3 unspecified atom stereocenters. The predicted molar refractivity (Wildman–Crippen MR) is 297 cm³/mol. The number of hydrogen-bond acceptors (Lipinski definition) is 19. The Balaban J connectivity index is 2.00. The van der Waals surface area contributed by atoms with Gasteiger partial charge in [0.1, 0.15) is 60.4 Å². The molecule has 0 aromatic heterocycles. The lowest BCUT2D eigenvalue weighted by atomic mass is 10.0. The highest BCUT2D eigenvalue weighted by Crippen LogP contribution is 2.47. The number of hydrogen-bond donors (Lipinski definition) is 19. The molecule has 3 rings (SSSR count). The van der Waals surface area contributed by atoms with E-state index in [1.54, 1.807) is 13.8 Å². The van der Waals surface area contributed by atoms with Gasteiger partial charge in [-0.05, 0) is 122 Å². The third-order valence-corrected chi connectivity index (χ3v) is 13.7. The van der Waals surface area contributed by atoms with Crippen molar-refractivity contribution >= 4 is 65.0 Å². The number of aliphatic hydroxyl groups excluding tert-OH is 3. The summed E-state index contributed by atoms with van der Waals surface area (Å²) in [7, 11) is 0. The Kier molecular flexibility index (Phi) is 29.2. The smallest absolute Gasteiger partial charge is 0.245 e. The van der Waals surface area contributed by atoms with Crippen LogP contribution in [0.15, 0.2) is 30.3 Å². The van der Waals surface area contributed by atoms with E-state index < -0.39 is 163 Å². The summed E-state index contributed by atoms with van der Waals surface area (Å²) in [5.41, 5.74) is 30.1. The molecular formula is C52H88N16O14. The van der Waals surface area contributed by atoms with E-state index >= 15 is 0 Å². The molecule has 460 valence electrons. The van der Waals surface area contributed by atoms with Crippen LogP contribution in [0, 0.1) is 11.8 Å². The number of nitrogens with two attached hydrogens (primary N) is 5. The Morgan fingerprint density at radius 1 is 0.549 bits per heavy atom. The number of benzene rings is 1. The van der Waals surface area contributed by atoms with Crippen LogP contribution in [0.1, 0.15) is 97.5 Å². The van der Waals surface area contributed by atoms with Crippen molar-refractivity contribution < 1.29 is 68.1 Å². The van der Waals surface area contributed by atoms with Gasteiger partial charge >= 0.3 is 0 Å². The molecule has 82 heavy (non-hydrogen) atoms. The Labute approximate surface area is 476 Å². The Morgan fingerprint density at radius 3 is 1.50 bits per heavy atom. The first-order valence-electron chi connectivity index (χ1n) is 27.7. The third kappa shape index (κ3) is 21.8. The molecule has 11 amide bonds. The van der Waals surface area contributed by atoms with Gasteiger partial charge in [0.25, 0.3) is 0 Å². The molecule has 15 atom stereocenters. The van der Waals surface area contributed by atoms with Crippen molar-refractivity contribution in [3.05, 3.63) is 35.9 Å². The molecule has 24 N–H and O–H groups in total. The minimum Gasteiger partial charge on any atom is -0.391 e. The van der Waals surface area contributed by atoms with Gasteiger partial charge in [-0.15, -0.1) is 0 Å². The van der Waals surface area contributed by atoms with Crippen LogP contribution in [0.5, 0.6) is 0 Å². The van der Waals surface area contributed by atoms with E-state index in [-0.39, 0.29) is 83.1 Å². The molecule has 0 bridgehead atoms. The topological polar surface area (TPSA) is 511 Å². The Hall–Kier alpha value is -6.93. The van der Waals surface area contributed by atoms with Gasteiger partial charge < -0.3 is 102 Å². The molecular weight excluding hydrogens is 1070 g/mol. The summed E-state index contributed by atoms with van der Waals surface area (Å²) < 4.78 is 0. The number of carbonyl (C=O) groups excluding carboxylic acids is 11. The SMILES string of the molecule is CC(C)C[C@H]1NC(=O)[C@H](CCN)NC(=O)[C@@H](NC(=O)[C@@H](CCN)NC(=O)[C@@H](NC(=O)[C@H](CCN)NC(=O)[C@H]2C[C@@H]2c2ccccc2)C(C)O)CCNC(=O)[C@H](C(C)O)NC(=O)[C@H](CCN)NC(=O)[C@H](CCN)NC(=O)[C@H](C(C)O)NC1=O. The van der Waals surface area contributed by atoms with Gasteiger partial charge in [-0.3, -0.25) is 52.7 Å². The van der Waals surface area contributed by atoms with Crippen molar-refractivity contribution in [3.63, 3.8) is 0 Å². The lowest BCUT2D eigenvalue weighted by molar-refractivity contribution is -0.137. The highest BCUT2D eigenvalue weighted by atomic mass is 16.3. The molecule has 1 aliphatic carbocycles. The van der Waals surface area contributed by atoms with Crippen molar-refractivity contribution in [1.29, 1.82) is 0 Å². The summed E-state index contributed by atoms with van der Waals surface area (Å²) in [6.07, 6.45) is -5.73. The Morgan fingerprint density at radius 2 is 1.01 bits per heavy atom. The van der Waals surface area contributed by atoms with Crippen LogP contribution >= 0.6 is 0 Å². The van der Waals surface area contributed by atoms with E-state index in [9.17, 15) is 68.1 Å². The number of rotatable bonds is 24. The summed E-state index contributed by atoms with van der Waals surface area (Å²) in [5.74, 6) is -11.1. The first-order valence-corrected chi connectivity index (χ1v) is 27.7. The van der Waals surface area contributed by atoms with Crippen molar-refractivity contribution in [2.45, 2.75) is 171 Å². The molecule has 1 aliphatic heterocycles. The molecule has 1 aromatic carbocycles. The second-order valence-electron chi connectivity index (χ2n) is 21.1. The number of nitrogens with one attached hydrogen (secondary N) is 11. The predicted octanol–water partition coefficient (Wildman–Crippen LogP) is -7.91. The zero-order chi connectivity index (χ0) is 61.4. The molecule has 0 spiro atoms. The quantitative estimate of drug-likeness (QED) is 0.0457. The van der Waals surface area contributed by atoms with Crippen molar-refractivity contribution in [1.82, 2.24) is 58.5 Å². The third-order valence-electron chi connectivity index (χ3n) is 13.7. The number of carbonyl (C=O) groups is 11. The van der Waals surface area contributed by atoms with Crippen molar-refractivity contribution in [2.75, 3.05) is 39.3 Å². The molecule has 30 nitrogen and oxygen atoms in total. The first-order chi connectivity index (χ1) is 38.8. The summed E-state index contributed by atoms with van der Waals surface area (Å²) in [4.78, 5) is 153. The van der Waals surface area contributed by atoms with E-state index in [4.69, 9.17) is 28.7 Å². The van der Waals surface area contributed by atoms with Crippen molar-refractivity contribution in [3.8, 4) is 0 Å². The molecule has 0 radical (unpaired) electrons. The van der Waals surface area contributed by atoms with E-state index in [1.807, 2.05) is 30.3 Å². The number of amides is 11. The molecule has 1 heterocycles. The average molecular weight is 1160 g/mol. The maximum Gasteiger partial charge on any atom is 0.245 e. The lowest BCUT2D eigenvalue weighted by Gasteiger charge is -2.29. The molecule has 2 aliphatic rings. The highest BCUT2D eigenvalue weighted by Gasteiger charge is 2.45. The minimum atomic E-state index is -1.73. The lowest BCUT2D eigenvalue weighted by Crippen LogP contribution is -2.62. The molecule has 30 heteroatoms. The van der Waals surface area contributed by atoms with Gasteiger partial charge in [0.05, 0.1) is 18.3 Å². The summed E-state index contributed by atoms with van der Waals surface area (Å²) in [6, 6.07) is -6.15. The van der Waals surface area contributed by atoms with Gasteiger partial charge in [0.15, 0.2) is 0 Å². The molecule has 2 fully saturated rings. The van der Waals surface area contributed by atoms with Gasteiger partial charge in [-0.25, -0.2) is 0 Å². The van der Waals surface area contributed by atoms with Crippen LogP contribution in [-0.2, 0) is 52.7 Å². The van der Waals surface area contributed by atoms with Crippen LogP contribution in [0.2, 0.25) is 0 Å². The molecule has 1 saturated carbocycles. The zero-order valence-electron chi connectivity index (χ0n) is 47.2. The van der Waals surface area contributed by atoms with Gasteiger partial charge in [0, 0.05) is 12.5 Å². The fraction of sp³-hybridized carbons (Fsp3) is 0.673. The van der Waals surface area contributed by atoms with Crippen LogP contribution < -0.4 is 87.2 Å². The van der Waals surface area contributed by atoms with E-state index in [0.29, 0.717) is 6.42 Å². The standard InChI is InChI=1S/C52H88N16O14/c1-25(2)23-38-49(79)68-41(28(5)71)52(82)63-33(12-18-54)43(73)61-36(15-21-57)48(78)66-39(26(3)69)50(80)58-22-16-37(46(76)60-32(11-17-53)45(75)65-38)62-44(74)34(13-19-55)64-51(81)40(27(4)70)67-47(77)35(14-20-56)59-42(72)31-24-30(31)29-9-7-6-8-10-29/h6-10,25-28,30-41,69-71H,11-24,53-57H2,1-5H3,(H,58,80)(H,59,72)(H,60,76)(H,61,73)(H,62,74)(H,63,82)(H,64,81)(H,65,75)(H,66,78)(H,67,77)(H,68,79)/t26?,27?,28?,30-,31+,32+,33+,34-,35+,36+,37+,38-,39+,40+,41+/m1/s1. The van der Waals surface area contributed by atoms with Crippen LogP contribution in [-0.4, -0.2) is 198 Å². The van der Waals surface area contributed by atoms with E-state index in [1.165, 1.54) is 20.8 Å². The fourth-order valence-corrected chi connectivity index (χ4v) is 9.02. The summed E-state index contributed by atoms with van der Waals surface area (Å²) in [6.45, 7) is 5.69. The Bertz CT molecular complexity index is 2330. The van der Waals surface area contributed by atoms with E-state index in [0.717, 1.165) is 5.56 Å². The second kappa shape index (κ2) is 34.5. The fourth-order valence-electron chi connectivity index (χ4n) is 9.02. The van der Waals surface area contributed by atoms with Gasteiger partial charge in [0.2, 0.25) is 65.0 Å².